The lowest BCUT2D eigenvalue weighted by atomic mass is 9.95. The zero-order chi connectivity index (χ0) is 14.5. The Balaban J connectivity index is 2.19. The van der Waals surface area contributed by atoms with E-state index < -0.39 is 5.97 Å². The number of carbonyl (C=O) groups excluding carboxylic acids is 1. The van der Waals surface area contributed by atoms with Crippen molar-refractivity contribution in [2.75, 3.05) is 31.6 Å². The van der Waals surface area contributed by atoms with Gasteiger partial charge in [-0.3, -0.25) is 0 Å². The first-order valence-electron chi connectivity index (χ1n) is 7.03. The van der Waals surface area contributed by atoms with E-state index in [1.165, 1.54) is 13.5 Å². The molecule has 1 atom stereocenters. The smallest absolute Gasteiger partial charge is 0.376 e. The highest BCUT2D eigenvalue weighted by molar-refractivity contribution is 5.85. The number of piperidine rings is 1. The highest BCUT2D eigenvalue weighted by atomic mass is 16.5. The molecule has 1 aromatic rings. The number of nitrogens with zero attached hydrogens (tertiary/aromatic N) is 3. The molecule has 6 heteroatoms. The molecule has 2 N–H and O–H groups in total. The van der Waals surface area contributed by atoms with Gasteiger partial charge in [-0.25, -0.2) is 14.8 Å². The van der Waals surface area contributed by atoms with E-state index in [1.807, 2.05) is 13.0 Å². The maximum atomic E-state index is 11.6. The number of anilines is 1. The summed E-state index contributed by atoms with van der Waals surface area (Å²) in [5.41, 5.74) is 6.42. The Morgan fingerprint density at radius 3 is 3.05 bits per heavy atom. The zero-order valence-corrected chi connectivity index (χ0v) is 12.1. The monoisotopic (exact) mass is 278 g/mol. The minimum atomic E-state index is -0.495. The molecule has 0 saturated carbocycles. The van der Waals surface area contributed by atoms with Gasteiger partial charge in [-0.2, -0.15) is 0 Å². The summed E-state index contributed by atoms with van der Waals surface area (Å²) >= 11 is 0. The Morgan fingerprint density at radius 1 is 1.55 bits per heavy atom. The van der Waals surface area contributed by atoms with Crippen LogP contribution in [0.2, 0.25) is 0 Å². The first-order chi connectivity index (χ1) is 9.63. The molecule has 0 aromatic carbocycles. The number of aryl methyl sites for hydroxylation is 1. The van der Waals surface area contributed by atoms with Crippen LogP contribution in [0.4, 0.5) is 5.82 Å². The molecular weight excluding hydrogens is 256 g/mol. The molecule has 0 amide bonds. The lowest BCUT2D eigenvalue weighted by Crippen LogP contribution is -2.37. The van der Waals surface area contributed by atoms with Crippen LogP contribution in [0, 0.1) is 12.8 Å². The van der Waals surface area contributed by atoms with Crippen molar-refractivity contribution in [1.82, 2.24) is 9.97 Å². The maximum Gasteiger partial charge on any atom is 0.376 e. The van der Waals surface area contributed by atoms with E-state index in [4.69, 9.17) is 10.5 Å². The average Bonchev–Trinajstić information content (AvgIpc) is 2.46. The Bertz CT molecular complexity index is 476. The van der Waals surface area contributed by atoms with Gasteiger partial charge >= 0.3 is 5.97 Å². The third kappa shape index (κ3) is 3.45. The van der Waals surface area contributed by atoms with Crippen LogP contribution < -0.4 is 10.6 Å². The molecule has 20 heavy (non-hydrogen) atoms. The summed E-state index contributed by atoms with van der Waals surface area (Å²) in [6.07, 6.45) is 3.37. The molecule has 1 aromatic heterocycles. The summed E-state index contributed by atoms with van der Waals surface area (Å²) in [5.74, 6) is 1.04. The number of hydrogen-bond donors (Lipinski definition) is 1. The van der Waals surface area contributed by atoms with Gasteiger partial charge in [-0.15, -0.1) is 0 Å². The summed E-state index contributed by atoms with van der Waals surface area (Å²) in [4.78, 5) is 22.3. The highest BCUT2D eigenvalue weighted by Crippen LogP contribution is 2.23. The molecule has 0 aliphatic carbocycles. The van der Waals surface area contributed by atoms with Gasteiger partial charge in [0.2, 0.25) is 5.82 Å². The van der Waals surface area contributed by atoms with Crippen molar-refractivity contribution in [1.29, 1.82) is 0 Å². The fraction of sp³-hybridized carbons (Fsp3) is 0.643. The number of methoxy groups -OCH3 is 1. The zero-order valence-electron chi connectivity index (χ0n) is 12.1. The molecule has 2 heterocycles. The predicted molar refractivity (Wildman–Crippen MR) is 76.7 cm³/mol. The molecule has 2 rings (SSSR count). The molecule has 110 valence electrons. The number of ether oxygens (including phenoxy) is 1. The first-order valence-corrected chi connectivity index (χ1v) is 7.03. The highest BCUT2D eigenvalue weighted by Gasteiger charge is 2.22. The Kier molecular flexibility index (Phi) is 4.89. The second kappa shape index (κ2) is 6.65. The fourth-order valence-corrected chi connectivity index (χ4v) is 2.64. The van der Waals surface area contributed by atoms with E-state index in [0.717, 1.165) is 37.4 Å². The van der Waals surface area contributed by atoms with Gasteiger partial charge in [0.15, 0.2) is 0 Å². The molecule has 1 saturated heterocycles. The van der Waals surface area contributed by atoms with Crippen LogP contribution >= 0.6 is 0 Å². The normalized spacial score (nSPS) is 18.9. The van der Waals surface area contributed by atoms with Gasteiger partial charge < -0.3 is 15.4 Å². The summed E-state index contributed by atoms with van der Waals surface area (Å²) < 4.78 is 4.69. The second-order valence-corrected chi connectivity index (χ2v) is 5.21. The van der Waals surface area contributed by atoms with Crippen LogP contribution in [0.1, 0.15) is 35.6 Å². The molecule has 0 radical (unpaired) electrons. The quantitative estimate of drug-likeness (QED) is 0.832. The summed E-state index contributed by atoms with van der Waals surface area (Å²) in [5, 5.41) is 0. The lowest BCUT2D eigenvalue weighted by molar-refractivity contribution is 0.0586. The summed E-state index contributed by atoms with van der Waals surface area (Å²) in [6, 6.07) is 1.91. The van der Waals surface area contributed by atoms with E-state index in [2.05, 4.69) is 14.9 Å². The maximum absolute atomic E-state index is 11.6. The molecule has 1 aliphatic rings. The predicted octanol–water partition coefficient (Wildman–Crippen LogP) is 1.14. The van der Waals surface area contributed by atoms with Crippen LogP contribution in [0.5, 0.6) is 0 Å². The summed E-state index contributed by atoms with van der Waals surface area (Å²) in [6.45, 7) is 4.47. The van der Waals surface area contributed by atoms with Crippen molar-refractivity contribution in [2.24, 2.45) is 11.7 Å². The first kappa shape index (κ1) is 14.7. The minimum Gasteiger partial charge on any atom is -0.463 e. The van der Waals surface area contributed by atoms with Crippen LogP contribution in [-0.4, -0.2) is 42.7 Å². The summed E-state index contributed by atoms with van der Waals surface area (Å²) in [7, 11) is 1.34. The number of aromatic nitrogens is 2. The Hall–Kier alpha value is -1.69. The SMILES string of the molecule is COC(=O)c1nc(C)cc(N2CCCC(CCN)C2)n1. The average molecular weight is 278 g/mol. The van der Waals surface area contributed by atoms with Gasteiger partial charge in [0.05, 0.1) is 7.11 Å². The van der Waals surface area contributed by atoms with Gasteiger partial charge in [0, 0.05) is 24.8 Å². The van der Waals surface area contributed by atoms with E-state index in [0.29, 0.717) is 12.5 Å². The molecule has 6 nitrogen and oxygen atoms in total. The molecule has 1 unspecified atom stereocenters. The van der Waals surface area contributed by atoms with E-state index >= 15 is 0 Å². The van der Waals surface area contributed by atoms with Gasteiger partial charge in [0.1, 0.15) is 5.82 Å². The van der Waals surface area contributed by atoms with Crippen LogP contribution in [-0.2, 0) is 4.74 Å². The number of esters is 1. The van der Waals surface area contributed by atoms with Gasteiger partial charge in [-0.1, -0.05) is 0 Å². The van der Waals surface area contributed by atoms with Crippen molar-refractivity contribution in [3.63, 3.8) is 0 Å². The van der Waals surface area contributed by atoms with E-state index in [9.17, 15) is 4.79 Å². The van der Waals surface area contributed by atoms with Crippen LogP contribution in [0.25, 0.3) is 0 Å². The molecule has 1 fully saturated rings. The Labute approximate surface area is 119 Å². The molecule has 1 aliphatic heterocycles. The molecule has 0 bridgehead atoms. The van der Waals surface area contributed by atoms with Crippen molar-refractivity contribution in [3.8, 4) is 0 Å². The largest absolute Gasteiger partial charge is 0.463 e. The molecule has 0 spiro atoms. The van der Waals surface area contributed by atoms with E-state index in [1.54, 1.807) is 0 Å². The van der Waals surface area contributed by atoms with Crippen LogP contribution in [0.3, 0.4) is 0 Å². The molecular formula is C14H22N4O2. The fourth-order valence-electron chi connectivity index (χ4n) is 2.64. The number of carbonyl (C=O) groups is 1. The van der Waals surface area contributed by atoms with Crippen molar-refractivity contribution >= 4 is 11.8 Å². The topological polar surface area (TPSA) is 81.3 Å². The van der Waals surface area contributed by atoms with Crippen molar-refractivity contribution in [2.45, 2.75) is 26.2 Å². The third-order valence-electron chi connectivity index (χ3n) is 3.63. The van der Waals surface area contributed by atoms with Crippen LogP contribution in [0.15, 0.2) is 6.07 Å². The number of nitrogens with two attached hydrogens (primary N) is 1. The lowest BCUT2D eigenvalue weighted by Gasteiger charge is -2.33. The number of hydrogen-bond acceptors (Lipinski definition) is 6. The second-order valence-electron chi connectivity index (χ2n) is 5.21. The number of rotatable bonds is 4. The van der Waals surface area contributed by atoms with E-state index in [-0.39, 0.29) is 5.82 Å². The third-order valence-corrected chi connectivity index (χ3v) is 3.63. The standard InChI is InChI=1S/C14H22N4O2/c1-10-8-12(17-13(16-10)14(19)20-2)18-7-3-4-11(9-18)5-6-15/h8,11H,3-7,9,15H2,1-2H3. The van der Waals surface area contributed by atoms with Gasteiger partial charge in [0.25, 0.3) is 0 Å². The van der Waals surface area contributed by atoms with Crippen molar-refractivity contribution in [3.05, 3.63) is 17.6 Å². The minimum absolute atomic E-state index is 0.128. The van der Waals surface area contributed by atoms with Gasteiger partial charge in [-0.05, 0) is 38.6 Å². The van der Waals surface area contributed by atoms with Crippen molar-refractivity contribution < 1.29 is 9.53 Å². The Morgan fingerprint density at radius 2 is 2.35 bits per heavy atom.